The van der Waals surface area contributed by atoms with Gasteiger partial charge in [0, 0.05) is 17.4 Å². The number of hydrogen-bond donors (Lipinski definition) is 1. The van der Waals surface area contributed by atoms with E-state index in [9.17, 15) is 4.79 Å². The largest absolute Gasteiger partial charge is 0.497 e. The number of hydrogen-bond acceptors (Lipinski definition) is 8. The van der Waals surface area contributed by atoms with E-state index in [0.29, 0.717) is 16.7 Å². The standard InChI is InChI=1S/C24H22N6O3S/c1-32-20-10-6-17(7-11-20)23-28-29-24(30(23)19-8-12-21(33-2)13-9-19)34-16-22(31)27-26-15-18-5-3-4-14-25-18/h3-15H,16H2,1-2H3,(H,27,31)/b26-15+. The lowest BCUT2D eigenvalue weighted by molar-refractivity contribution is -0.118. The molecule has 0 spiro atoms. The molecule has 0 aliphatic carbocycles. The van der Waals surface area contributed by atoms with Crippen LogP contribution in [-0.4, -0.2) is 51.8 Å². The summed E-state index contributed by atoms with van der Waals surface area (Å²) >= 11 is 1.26. The van der Waals surface area contributed by atoms with Gasteiger partial charge in [-0.15, -0.1) is 10.2 Å². The molecule has 9 nitrogen and oxygen atoms in total. The number of ether oxygens (including phenoxy) is 2. The van der Waals surface area contributed by atoms with Crippen LogP contribution in [0.3, 0.4) is 0 Å². The highest BCUT2D eigenvalue weighted by molar-refractivity contribution is 7.99. The van der Waals surface area contributed by atoms with Crippen LogP contribution in [0.15, 0.2) is 83.2 Å². The Balaban J connectivity index is 1.54. The maximum absolute atomic E-state index is 12.3. The SMILES string of the molecule is COc1ccc(-c2nnc(SCC(=O)N/N=C/c3ccccn3)n2-c2ccc(OC)cc2)cc1. The summed E-state index contributed by atoms with van der Waals surface area (Å²) in [6.07, 6.45) is 3.15. The number of hydrazone groups is 1. The van der Waals surface area contributed by atoms with Gasteiger partial charge in [0.2, 0.25) is 0 Å². The lowest BCUT2D eigenvalue weighted by Gasteiger charge is -2.11. The van der Waals surface area contributed by atoms with E-state index in [1.54, 1.807) is 26.5 Å². The lowest BCUT2D eigenvalue weighted by atomic mass is 10.2. The molecule has 34 heavy (non-hydrogen) atoms. The monoisotopic (exact) mass is 474 g/mol. The fraction of sp³-hybridized carbons (Fsp3) is 0.125. The maximum Gasteiger partial charge on any atom is 0.250 e. The Bertz CT molecular complexity index is 1260. The Morgan fingerprint density at radius 1 is 1.00 bits per heavy atom. The Kier molecular flexibility index (Phi) is 7.51. The zero-order chi connectivity index (χ0) is 23.8. The highest BCUT2D eigenvalue weighted by Crippen LogP contribution is 2.29. The first-order valence-electron chi connectivity index (χ1n) is 10.3. The number of benzene rings is 2. The molecule has 0 atom stereocenters. The number of thioether (sulfide) groups is 1. The first-order chi connectivity index (χ1) is 16.7. The molecule has 0 saturated carbocycles. The number of nitrogens with one attached hydrogen (secondary N) is 1. The van der Waals surface area contributed by atoms with Gasteiger partial charge >= 0.3 is 0 Å². The number of carbonyl (C=O) groups is 1. The number of aromatic nitrogens is 4. The zero-order valence-electron chi connectivity index (χ0n) is 18.6. The smallest absolute Gasteiger partial charge is 0.250 e. The predicted octanol–water partition coefficient (Wildman–Crippen LogP) is 3.59. The minimum atomic E-state index is -0.271. The number of pyridine rings is 1. The highest BCUT2D eigenvalue weighted by Gasteiger charge is 2.17. The van der Waals surface area contributed by atoms with Crippen LogP contribution in [0.1, 0.15) is 5.69 Å². The molecule has 10 heteroatoms. The molecule has 2 aromatic heterocycles. The molecule has 0 aliphatic rings. The van der Waals surface area contributed by atoms with Crippen LogP contribution in [0.25, 0.3) is 17.1 Å². The number of methoxy groups -OCH3 is 2. The average Bonchev–Trinajstić information content (AvgIpc) is 3.32. The first kappa shape index (κ1) is 23.0. The molecule has 0 unspecified atom stereocenters. The third-order valence-corrected chi connectivity index (χ3v) is 5.65. The topological polar surface area (TPSA) is 104 Å². The van der Waals surface area contributed by atoms with Gasteiger partial charge in [-0.1, -0.05) is 17.8 Å². The summed E-state index contributed by atoms with van der Waals surface area (Å²) in [5, 5.41) is 13.3. The van der Waals surface area contributed by atoms with Crippen LogP contribution >= 0.6 is 11.8 Å². The molecular formula is C24H22N6O3S. The van der Waals surface area contributed by atoms with Crippen molar-refractivity contribution >= 4 is 23.9 Å². The van der Waals surface area contributed by atoms with Crippen molar-refractivity contribution in [3.8, 4) is 28.6 Å². The van der Waals surface area contributed by atoms with Crippen LogP contribution in [0, 0.1) is 0 Å². The van der Waals surface area contributed by atoms with E-state index in [1.807, 2.05) is 65.2 Å². The van der Waals surface area contributed by atoms with Crippen molar-refractivity contribution in [2.45, 2.75) is 5.16 Å². The van der Waals surface area contributed by atoms with E-state index in [4.69, 9.17) is 9.47 Å². The van der Waals surface area contributed by atoms with Crippen molar-refractivity contribution in [1.29, 1.82) is 0 Å². The van der Waals surface area contributed by atoms with Crippen LogP contribution in [-0.2, 0) is 4.79 Å². The van der Waals surface area contributed by atoms with Crippen molar-refractivity contribution in [2.75, 3.05) is 20.0 Å². The van der Waals surface area contributed by atoms with Crippen molar-refractivity contribution in [3.63, 3.8) is 0 Å². The van der Waals surface area contributed by atoms with E-state index in [0.717, 1.165) is 22.7 Å². The molecule has 0 fully saturated rings. The predicted molar refractivity (Wildman–Crippen MR) is 131 cm³/mol. The summed E-state index contributed by atoms with van der Waals surface area (Å²) in [5.74, 6) is 1.96. The third kappa shape index (κ3) is 5.59. The molecule has 0 saturated heterocycles. The second-order valence-electron chi connectivity index (χ2n) is 6.90. The Hall–Kier alpha value is -4.18. The van der Waals surface area contributed by atoms with Gasteiger partial charge in [0.05, 0.1) is 31.9 Å². The van der Waals surface area contributed by atoms with Crippen molar-refractivity contribution in [1.82, 2.24) is 25.2 Å². The summed E-state index contributed by atoms with van der Waals surface area (Å²) < 4.78 is 12.4. The molecule has 0 bridgehead atoms. The van der Waals surface area contributed by atoms with Crippen molar-refractivity contribution in [3.05, 3.63) is 78.6 Å². The lowest BCUT2D eigenvalue weighted by Crippen LogP contribution is -2.20. The normalized spacial score (nSPS) is 10.9. The molecule has 0 radical (unpaired) electrons. The van der Waals surface area contributed by atoms with Gasteiger partial charge in [0.15, 0.2) is 11.0 Å². The van der Waals surface area contributed by atoms with Crippen molar-refractivity contribution < 1.29 is 14.3 Å². The first-order valence-corrected chi connectivity index (χ1v) is 11.3. The van der Waals surface area contributed by atoms with E-state index in [2.05, 4.69) is 25.7 Å². The van der Waals surface area contributed by atoms with E-state index in [-0.39, 0.29) is 11.7 Å². The third-order valence-electron chi connectivity index (χ3n) is 4.72. The summed E-state index contributed by atoms with van der Waals surface area (Å²) in [5.41, 5.74) is 4.86. The van der Waals surface area contributed by atoms with E-state index >= 15 is 0 Å². The van der Waals surface area contributed by atoms with Crippen LogP contribution < -0.4 is 14.9 Å². The molecule has 2 heterocycles. The number of carbonyl (C=O) groups excluding carboxylic acids is 1. The fourth-order valence-corrected chi connectivity index (χ4v) is 3.78. The van der Waals surface area contributed by atoms with Gasteiger partial charge in [0.25, 0.3) is 5.91 Å². The van der Waals surface area contributed by atoms with Gasteiger partial charge < -0.3 is 9.47 Å². The maximum atomic E-state index is 12.3. The molecule has 0 aliphatic heterocycles. The fourth-order valence-electron chi connectivity index (χ4n) is 3.04. The van der Waals surface area contributed by atoms with Gasteiger partial charge in [0.1, 0.15) is 11.5 Å². The van der Waals surface area contributed by atoms with E-state index < -0.39 is 0 Å². The zero-order valence-corrected chi connectivity index (χ0v) is 19.4. The summed E-state index contributed by atoms with van der Waals surface area (Å²) in [6, 6.07) is 20.6. The average molecular weight is 475 g/mol. The quantitative estimate of drug-likeness (QED) is 0.225. The van der Waals surface area contributed by atoms with Crippen molar-refractivity contribution in [2.24, 2.45) is 5.10 Å². The summed E-state index contributed by atoms with van der Waals surface area (Å²) in [4.78, 5) is 16.5. The van der Waals surface area contributed by atoms with Gasteiger partial charge in [-0.2, -0.15) is 5.10 Å². The molecule has 2 aromatic carbocycles. The molecular weight excluding hydrogens is 452 g/mol. The van der Waals surface area contributed by atoms with Crippen LogP contribution in [0.4, 0.5) is 0 Å². The van der Waals surface area contributed by atoms with E-state index in [1.165, 1.54) is 18.0 Å². The Labute approximate surface area is 200 Å². The van der Waals surface area contributed by atoms with Crippen LogP contribution in [0.2, 0.25) is 0 Å². The van der Waals surface area contributed by atoms with Gasteiger partial charge in [-0.25, -0.2) is 5.43 Å². The number of nitrogens with zero attached hydrogens (tertiary/aromatic N) is 5. The van der Waals surface area contributed by atoms with Gasteiger partial charge in [-0.05, 0) is 60.7 Å². The summed E-state index contributed by atoms with van der Waals surface area (Å²) in [7, 11) is 3.24. The molecule has 1 N–H and O–H groups in total. The molecule has 172 valence electrons. The van der Waals surface area contributed by atoms with Gasteiger partial charge in [-0.3, -0.25) is 14.3 Å². The molecule has 1 amide bonds. The number of amides is 1. The Morgan fingerprint density at radius 3 is 2.35 bits per heavy atom. The van der Waals surface area contributed by atoms with Crippen LogP contribution in [0.5, 0.6) is 11.5 Å². The second kappa shape index (κ2) is 11.1. The minimum Gasteiger partial charge on any atom is -0.497 e. The number of rotatable bonds is 9. The second-order valence-corrected chi connectivity index (χ2v) is 7.85. The Morgan fingerprint density at radius 2 is 1.71 bits per heavy atom. The molecule has 4 rings (SSSR count). The summed E-state index contributed by atoms with van der Waals surface area (Å²) in [6.45, 7) is 0. The molecule has 4 aromatic rings. The highest BCUT2D eigenvalue weighted by atomic mass is 32.2. The minimum absolute atomic E-state index is 0.108.